The van der Waals surface area contributed by atoms with Crippen LogP contribution in [0.2, 0.25) is 0 Å². The molecule has 8 nitrogen and oxygen atoms in total. The van der Waals surface area contributed by atoms with Gasteiger partial charge in [0.15, 0.2) is 0 Å². The summed E-state index contributed by atoms with van der Waals surface area (Å²) >= 11 is 0. The number of H-pyrrole nitrogens is 1. The van der Waals surface area contributed by atoms with Crippen molar-refractivity contribution in [2.24, 2.45) is 0 Å². The van der Waals surface area contributed by atoms with Crippen molar-refractivity contribution in [2.45, 2.75) is 23.9 Å². The minimum Gasteiger partial charge on any atom is -0.497 e. The lowest BCUT2D eigenvalue weighted by Crippen LogP contribution is -2.41. The van der Waals surface area contributed by atoms with E-state index in [-0.39, 0.29) is 22.9 Å². The van der Waals surface area contributed by atoms with Gasteiger partial charge in [0.05, 0.1) is 18.6 Å². The van der Waals surface area contributed by atoms with Gasteiger partial charge in [0.25, 0.3) is 5.56 Å². The van der Waals surface area contributed by atoms with E-state index in [1.165, 1.54) is 6.07 Å². The lowest BCUT2D eigenvalue weighted by molar-refractivity contribution is -0.129. The van der Waals surface area contributed by atoms with E-state index in [0.717, 1.165) is 16.2 Å². The quantitative estimate of drug-likeness (QED) is 0.444. The van der Waals surface area contributed by atoms with Crippen LogP contribution in [0.3, 0.4) is 0 Å². The highest BCUT2D eigenvalue weighted by molar-refractivity contribution is 7.89. The monoisotopic (exact) mass is 477 g/mol. The normalized spacial score (nSPS) is 16.4. The SMILES string of the molecule is COc1ccc2ccc(S(=O)(=O)NC3CCN(Cc4cc5ccccc5c(=O)[nH]4)C3=O)cc2c1. The molecule has 1 aliphatic heterocycles. The molecule has 2 N–H and O–H groups in total. The summed E-state index contributed by atoms with van der Waals surface area (Å²) in [6, 6.07) is 18.4. The predicted molar refractivity (Wildman–Crippen MR) is 129 cm³/mol. The number of carbonyl (C=O) groups excluding carboxylic acids is 1. The Morgan fingerprint density at radius 2 is 1.79 bits per heavy atom. The third-order valence-corrected chi connectivity index (χ3v) is 7.56. The molecular formula is C25H23N3O5S. The van der Waals surface area contributed by atoms with E-state index in [2.05, 4.69) is 9.71 Å². The number of rotatable bonds is 6. The molecule has 1 fully saturated rings. The van der Waals surface area contributed by atoms with Gasteiger partial charge >= 0.3 is 0 Å². The zero-order valence-electron chi connectivity index (χ0n) is 18.4. The van der Waals surface area contributed by atoms with Crippen molar-refractivity contribution in [1.29, 1.82) is 0 Å². The Morgan fingerprint density at radius 1 is 1.00 bits per heavy atom. The molecule has 0 radical (unpaired) electrons. The van der Waals surface area contributed by atoms with Gasteiger partial charge in [-0.2, -0.15) is 4.72 Å². The summed E-state index contributed by atoms with van der Waals surface area (Å²) in [5.41, 5.74) is 0.383. The molecule has 3 aromatic carbocycles. The van der Waals surface area contributed by atoms with Gasteiger partial charge in [0.1, 0.15) is 11.8 Å². The van der Waals surface area contributed by atoms with Crippen LogP contribution in [-0.2, 0) is 21.4 Å². The molecule has 1 amide bonds. The number of fused-ring (bicyclic) bond motifs is 2. The molecule has 5 rings (SSSR count). The first kappa shape index (κ1) is 22.1. The van der Waals surface area contributed by atoms with Crippen LogP contribution in [0.1, 0.15) is 12.1 Å². The molecule has 4 aromatic rings. The summed E-state index contributed by atoms with van der Waals surface area (Å²) in [7, 11) is -2.37. The number of aromatic nitrogens is 1. The molecule has 174 valence electrons. The summed E-state index contributed by atoms with van der Waals surface area (Å²) in [6.45, 7) is 0.586. The molecule has 0 aliphatic carbocycles. The van der Waals surface area contributed by atoms with Crippen molar-refractivity contribution >= 4 is 37.5 Å². The zero-order chi connectivity index (χ0) is 23.9. The molecule has 34 heavy (non-hydrogen) atoms. The lowest BCUT2D eigenvalue weighted by Gasteiger charge is -2.17. The fourth-order valence-electron chi connectivity index (χ4n) is 4.32. The smallest absolute Gasteiger partial charge is 0.256 e. The van der Waals surface area contributed by atoms with Crippen LogP contribution in [0.15, 0.2) is 76.4 Å². The highest BCUT2D eigenvalue weighted by atomic mass is 32.2. The largest absolute Gasteiger partial charge is 0.497 e. The van der Waals surface area contributed by atoms with Gasteiger partial charge in [-0.05, 0) is 59.0 Å². The molecule has 1 saturated heterocycles. The van der Waals surface area contributed by atoms with Crippen molar-refractivity contribution in [1.82, 2.24) is 14.6 Å². The van der Waals surface area contributed by atoms with Crippen molar-refractivity contribution in [2.75, 3.05) is 13.7 Å². The second-order valence-corrected chi connectivity index (χ2v) is 10.0. The minimum absolute atomic E-state index is 0.0818. The zero-order valence-corrected chi connectivity index (χ0v) is 19.3. The molecule has 0 saturated carbocycles. The van der Waals surface area contributed by atoms with Gasteiger partial charge in [-0.1, -0.05) is 30.3 Å². The van der Waals surface area contributed by atoms with Gasteiger partial charge in [0, 0.05) is 17.6 Å². The van der Waals surface area contributed by atoms with Gasteiger partial charge < -0.3 is 14.6 Å². The van der Waals surface area contributed by atoms with Gasteiger partial charge in [-0.3, -0.25) is 9.59 Å². The van der Waals surface area contributed by atoms with Crippen LogP contribution in [0.4, 0.5) is 0 Å². The van der Waals surface area contributed by atoms with Crippen LogP contribution < -0.4 is 15.0 Å². The number of amides is 1. The highest BCUT2D eigenvalue weighted by Gasteiger charge is 2.35. The Labute approximate surface area is 196 Å². The van der Waals surface area contributed by atoms with Crippen LogP contribution in [0.25, 0.3) is 21.5 Å². The van der Waals surface area contributed by atoms with Crippen molar-refractivity contribution < 1.29 is 17.9 Å². The molecule has 1 aliphatic rings. The molecule has 1 unspecified atom stereocenters. The summed E-state index contributed by atoms with van der Waals surface area (Å²) < 4.78 is 33.8. The number of benzene rings is 3. The summed E-state index contributed by atoms with van der Waals surface area (Å²) in [5.74, 6) is 0.309. The summed E-state index contributed by atoms with van der Waals surface area (Å²) in [4.78, 5) is 29.7. The first-order valence-electron chi connectivity index (χ1n) is 10.8. The van der Waals surface area contributed by atoms with Gasteiger partial charge in [-0.25, -0.2) is 8.42 Å². The van der Waals surface area contributed by atoms with Crippen LogP contribution in [-0.4, -0.2) is 43.9 Å². The molecule has 1 atom stereocenters. The fourth-order valence-corrected chi connectivity index (χ4v) is 5.57. The molecule has 0 bridgehead atoms. The van der Waals surface area contributed by atoms with E-state index in [4.69, 9.17) is 4.74 Å². The average Bonchev–Trinajstić information content (AvgIpc) is 3.16. The van der Waals surface area contributed by atoms with Gasteiger partial charge in [0.2, 0.25) is 15.9 Å². The first-order chi connectivity index (χ1) is 16.3. The molecular weight excluding hydrogens is 454 g/mol. The number of ether oxygens (including phenoxy) is 1. The van der Waals surface area contributed by atoms with E-state index in [9.17, 15) is 18.0 Å². The number of likely N-dealkylation sites (tertiary alicyclic amines) is 1. The number of methoxy groups -OCH3 is 1. The third-order valence-electron chi connectivity index (χ3n) is 6.09. The minimum atomic E-state index is -3.92. The maximum absolute atomic E-state index is 13.0. The van der Waals surface area contributed by atoms with E-state index in [0.29, 0.717) is 29.8 Å². The van der Waals surface area contributed by atoms with E-state index < -0.39 is 16.1 Å². The number of hydrogen-bond donors (Lipinski definition) is 2. The molecule has 2 heterocycles. The fraction of sp³-hybridized carbons (Fsp3) is 0.200. The number of carbonyl (C=O) groups is 1. The number of aromatic amines is 1. The number of pyridine rings is 1. The van der Waals surface area contributed by atoms with E-state index >= 15 is 0 Å². The van der Waals surface area contributed by atoms with Gasteiger partial charge in [-0.15, -0.1) is 0 Å². The van der Waals surface area contributed by atoms with Crippen molar-refractivity contribution in [3.63, 3.8) is 0 Å². The lowest BCUT2D eigenvalue weighted by atomic mass is 10.1. The molecule has 1 aromatic heterocycles. The molecule has 0 spiro atoms. The second-order valence-electron chi connectivity index (χ2n) is 8.31. The third kappa shape index (κ3) is 4.15. The summed E-state index contributed by atoms with van der Waals surface area (Å²) in [6.07, 6.45) is 0.345. The number of nitrogens with one attached hydrogen (secondary N) is 2. The second kappa shape index (κ2) is 8.58. The van der Waals surface area contributed by atoms with Crippen LogP contribution in [0, 0.1) is 0 Å². The summed E-state index contributed by atoms with van der Waals surface area (Å²) in [5, 5.41) is 2.98. The Hall–Kier alpha value is -3.69. The number of hydrogen-bond acceptors (Lipinski definition) is 5. The Bertz CT molecular complexity index is 1580. The van der Waals surface area contributed by atoms with Crippen LogP contribution in [0.5, 0.6) is 5.75 Å². The van der Waals surface area contributed by atoms with Crippen LogP contribution >= 0.6 is 0 Å². The average molecular weight is 478 g/mol. The topological polar surface area (TPSA) is 109 Å². The van der Waals surface area contributed by atoms with Crippen molar-refractivity contribution in [3.05, 3.63) is 82.8 Å². The Balaban J connectivity index is 1.33. The maximum Gasteiger partial charge on any atom is 0.256 e. The van der Waals surface area contributed by atoms with E-state index in [1.807, 2.05) is 30.3 Å². The van der Waals surface area contributed by atoms with Crippen molar-refractivity contribution in [3.8, 4) is 5.75 Å². The number of nitrogens with zero attached hydrogens (tertiary/aromatic N) is 1. The van der Waals surface area contributed by atoms with E-state index in [1.54, 1.807) is 42.3 Å². The Morgan fingerprint density at radius 3 is 2.62 bits per heavy atom. The first-order valence-corrected chi connectivity index (χ1v) is 12.3. The standard InChI is InChI=1S/C25H23N3O5S/c1-33-20-8-6-16-7-9-21(14-18(16)13-20)34(31,32)27-23-10-11-28(25(23)30)15-19-12-17-4-2-3-5-22(17)24(29)26-19/h2-9,12-14,23,27H,10-11,15H2,1H3,(H,26,29). The highest BCUT2D eigenvalue weighted by Crippen LogP contribution is 2.25. The Kier molecular flexibility index (Phi) is 5.59. The predicted octanol–water partition coefficient (Wildman–Crippen LogP) is 2.77. The molecule has 9 heteroatoms. The maximum atomic E-state index is 13.0. The number of sulfonamides is 1.